The lowest BCUT2D eigenvalue weighted by Crippen LogP contribution is -2.45. The molecular weight excluding hydrogens is 426 g/mol. The van der Waals surface area contributed by atoms with E-state index in [4.69, 9.17) is 11.6 Å². The quantitative estimate of drug-likeness (QED) is 0.523. The number of aliphatic imine (C=N–C) groups is 1. The maximum atomic E-state index is 12.6. The van der Waals surface area contributed by atoms with Gasteiger partial charge in [-0.15, -0.1) is 0 Å². The molecule has 0 saturated carbocycles. The maximum absolute atomic E-state index is 12.6. The first-order valence-corrected chi connectivity index (χ1v) is 11.7. The SMILES string of the molecule is Cc1cc2c(cc1/C=C1\SC(=Nc3cc(Cl)ccc3C)NC1=O)[C@H](C)CC(C)(C)N2C. The maximum Gasteiger partial charge on any atom is 0.264 e. The number of hydrogen-bond donors (Lipinski definition) is 1. The van der Waals surface area contributed by atoms with Gasteiger partial charge in [0.05, 0.1) is 10.6 Å². The molecule has 0 aliphatic carbocycles. The molecule has 0 spiro atoms. The molecule has 2 aliphatic heterocycles. The van der Waals surface area contributed by atoms with Gasteiger partial charge in [0.1, 0.15) is 0 Å². The zero-order chi connectivity index (χ0) is 22.5. The van der Waals surface area contributed by atoms with Gasteiger partial charge in [0, 0.05) is 23.3 Å². The Morgan fingerprint density at radius 3 is 2.71 bits per heavy atom. The number of aryl methyl sites for hydroxylation is 2. The Morgan fingerprint density at radius 2 is 1.97 bits per heavy atom. The Hall–Kier alpha value is -2.24. The zero-order valence-corrected chi connectivity index (χ0v) is 20.4. The summed E-state index contributed by atoms with van der Waals surface area (Å²) in [6.07, 6.45) is 3.08. The molecule has 0 unspecified atom stereocenters. The molecule has 1 amide bonds. The molecule has 2 aliphatic rings. The first-order valence-electron chi connectivity index (χ1n) is 10.5. The van der Waals surface area contributed by atoms with Crippen molar-refractivity contribution in [1.29, 1.82) is 0 Å². The summed E-state index contributed by atoms with van der Waals surface area (Å²) in [7, 11) is 2.17. The van der Waals surface area contributed by atoms with Crippen molar-refractivity contribution in [3.8, 4) is 0 Å². The molecule has 0 aromatic heterocycles. The van der Waals surface area contributed by atoms with E-state index in [1.165, 1.54) is 23.0 Å². The van der Waals surface area contributed by atoms with Gasteiger partial charge in [0.15, 0.2) is 5.17 Å². The molecule has 162 valence electrons. The average molecular weight is 454 g/mol. The van der Waals surface area contributed by atoms with E-state index >= 15 is 0 Å². The van der Waals surface area contributed by atoms with Gasteiger partial charge in [-0.2, -0.15) is 0 Å². The first-order chi connectivity index (χ1) is 14.5. The summed E-state index contributed by atoms with van der Waals surface area (Å²) < 4.78 is 0. The molecular formula is C25H28ClN3OS. The fraction of sp³-hybridized carbons (Fsp3) is 0.360. The van der Waals surface area contributed by atoms with Gasteiger partial charge >= 0.3 is 0 Å². The number of fused-ring (bicyclic) bond motifs is 1. The second-order valence-corrected chi connectivity index (χ2v) is 10.6. The number of anilines is 1. The van der Waals surface area contributed by atoms with Gasteiger partial charge in [0.2, 0.25) is 0 Å². The van der Waals surface area contributed by atoms with Crippen LogP contribution in [-0.4, -0.2) is 23.7 Å². The van der Waals surface area contributed by atoms with E-state index < -0.39 is 0 Å². The van der Waals surface area contributed by atoms with Crippen molar-refractivity contribution < 1.29 is 4.79 Å². The minimum absolute atomic E-state index is 0.119. The van der Waals surface area contributed by atoms with Crippen molar-refractivity contribution in [3.05, 3.63) is 62.5 Å². The largest absolute Gasteiger partial charge is 0.369 e. The summed E-state index contributed by atoms with van der Waals surface area (Å²) >= 11 is 7.47. The number of hydrogen-bond acceptors (Lipinski definition) is 4. The second-order valence-electron chi connectivity index (χ2n) is 9.16. The molecule has 1 N–H and O–H groups in total. The van der Waals surface area contributed by atoms with Crippen LogP contribution >= 0.6 is 23.4 Å². The van der Waals surface area contributed by atoms with E-state index in [9.17, 15) is 4.79 Å². The van der Waals surface area contributed by atoms with E-state index in [2.05, 4.69) is 62.1 Å². The number of carbonyl (C=O) groups excluding carboxylic acids is 1. The summed E-state index contributed by atoms with van der Waals surface area (Å²) in [5, 5.41) is 4.09. The van der Waals surface area contributed by atoms with Gasteiger partial charge in [-0.25, -0.2) is 4.99 Å². The fourth-order valence-electron chi connectivity index (χ4n) is 4.32. The van der Waals surface area contributed by atoms with E-state index in [1.807, 2.05) is 31.2 Å². The lowest BCUT2D eigenvalue weighted by atomic mass is 9.79. The summed E-state index contributed by atoms with van der Waals surface area (Å²) in [4.78, 5) is 20.3. The van der Waals surface area contributed by atoms with E-state index in [1.54, 1.807) is 0 Å². The number of nitrogens with one attached hydrogen (secondary N) is 1. The molecule has 1 fully saturated rings. The standard InChI is InChI=1S/C25H28ClN3OS/c1-14-7-8-18(26)12-20(14)27-24-28-23(30)22(31-24)11-17-10-19-16(3)13-25(4,5)29(6)21(19)9-15(17)2/h7-12,16H,13H2,1-6H3,(H,27,28,30)/b22-11-/t16-/m1/s1. The highest BCUT2D eigenvalue weighted by Crippen LogP contribution is 2.44. The highest BCUT2D eigenvalue weighted by molar-refractivity contribution is 8.18. The van der Waals surface area contributed by atoms with Crippen LogP contribution in [0.5, 0.6) is 0 Å². The van der Waals surface area contributed by atoms with Crippen LogP contribution in [0, 0.1) is 13.8 Å². The molecule has 0 radical (unpaired) electrons. The number of rotatable bonds is 2. The Morgan fingerprint density at radius 1 is 1.23 bits per heavy atom. The van der Waals surface area contributed by atoms with E-state index in [0.29, 0.717) is 21.0 Å². The van der Waals surface area contributed by atoms with Crippen LogP contribution in [0.25, 0.3) is 6.08 Å². The van der Waals surface area contributed by atoms with Crippen molar-refractivity contribution in [3.63, 3.8) is 0 Å². The van der Waals surface area contributed by atoms with Crippen LogP contribution in [0.4, 0.5) is 11.4 Å². The smallest absolute Gasteiger partial charge is 0.264 e. The lowest BCUT2D eigenvalue weighted by molar-refractivity contribution is -0.115. The van der Waals surface area contributed by atoms with Crippen LogP contribution < -0.4 is 10.2 Å². The Balaban J connectivity index is 1.67. The summed E-state index contributed by atoms with van der Waals surface area (Å²) in [6, 6.07) is 10.1. The zero-order valence-electron chi connectivity index (χ0n) is 18.8. The predicted molar refractivity (Wildman–Crippen MR) is 134 cm³/mol. The van der Waals surface area contributed by atoms with Gasteiger partial charge < -0.3 is 10.2 Å². The summed E-state index contributed by atoms with van der Waals surface area (Å²) in [5.74, 6) is 0.346. The van der Waals surface area contributed by atoms with Crippen LogP contribution in [0.2, 0.25) is 5.02 Å². The van der Waals surface area contributed by atoms with Crippen molar-refractivity contribution in [1.82, 2.24) is 5.32 Å². The van der Waals surface area contributed by atoms with Crippen LogP contribution in [0.3, 0.4) is 0 Å². The van der Waals surface area contributed by atoms with Gasteiger partial charge in [-0.1, -0.05) is 24.6 Å². The Bertz CT molecular complexity index is 1140. The number of amides is 1. The molecule has 0 bridgehead atoms. The lowest BCUT2D eigenvalue weighted by Gasteiger charge is -2.45. The minimum atomic E-state index is -0.119. The highest BCUT2D eigenvalue weighted by atomic mass is 35.5. The number of amidine groups is 1. The van der Waals surface area contributed by atoms with Crippen molar-refractivity contribution >= 4 is 51.9 Å². The monoisotopic (exact) mass is 453 g/mol. The van der Waals surface area contributed by atoms with Gasteiger partial charge in [-0.05, 0) is 104 Å². The Kier molecular flexibility index (Phi) is 5.69. The summed E-state index contributed by atoms with van der Waals surface area (Å²) in [5.41, 5.74) is 6.77. The molecule has 2 aromatic rings. The van der Waals surface area contributed by atoms with Crippen molar-refractivity contribution in [2.24, 2.45) is 4.99 Å². The molecule has 4 rings (SSSR count). The third kappa shape index (κ3) is 4.26. The van der Waals surface area contributed by atoms with Crippen LogP contribution in [0.1, 0.15) is 55.4 Å². The predicted octanol–water partition coefficient (Wildman–Crippen LogP) is 6.57. The number of carbonyl (C=O) groups is 1. The van der Waals surface area contributed by atoms with E-state index in [-0.39, 0.29) is 11.4 Å². The van der Waals surface area contributed by atoms with Crippen molar-refractivity contribution in [2.45, 2.75) is 52.5 Å². The third-order valence-electron chi connectivity index (χ3n) is 6.35. The molecule has 2 heterocycles. The molecule has 6 heteroatoms. The number of halogens is 1. The third-order valence-corrected chi connectivity index (χ3v) is 7.50. The normalized spacial score (nSPS) is 22.7. The topological polar surface area (TPSA) is 44.7 Å². The Labute approximate surface area is 193 Å². The molecule has 4 nitrogen and oxygen atoms in total. The van der Waals surface area contributed by atoms with Crippen LogP contribution in [-0.2, 0) is 4.79 Å². The number of nitrogens with zero attached hydrogens (tertiary/aromatic N) is 2. The fourth-order valence-corrected chi connectivity index (χ4v) is 5.32. The molecule has 1 atom stereocenters. The summed E-state index contributed by atoms with van der Waals surface area (Å²) in [6.45, 7) is 11.0. The van der Waals surface area contributed by atoms with Crippen molar-refractivity contribution in [2.75, 3.05) is 11.9 Å². The number of thioether (sulfide) groups is 1. The molecule has 1 saturated heterocycles. The van der Waals surface area contributed by atoms with Gasteiger partial charge in [0.25, 0.3) is 5.91 Å². The van der Waals surface area contributed by atoms with Gasteiger partial charge in [-0.3, -0.25) is 4.79 Å². The first kappa shape index (κ1) is 22.0. The average Bonchev–Trinajstić information content (AvgIpc) is 3.03. The van der Waals surface area contributed by atoms with E-state index in [0.717, 1.165) is 28.8 Å². The molecule has 31 heavy (non-hydrogen) atoms. The number of benzene rings is 2. The van der Waals surface area contributed by atoms with Crippen LogP contribution in [0.15, 0.2) is 40.2 Å². The highest BCUT2D eigenvalue weighted by Gasteiger charge is 2.34. The molecule has 2 aromatic carbocycles. The second kappa shape index (κ2) is 8.03. The minimum Gasteiger partial charge on any atom is -0.369 e.